The molecule has 0 radical (unpaired) electrons. The molecular weight excluding hydrogens is 416 g/mol. The highest BCUT2D eigenvalue weighted by atomic mass is 28.4. The topological polar surface area (TPSA) is 47.9 Å². The zero-order valence-corrected chi connectivity index (χ0v) is 22.7. The molecular formula is C27H46O4Si. The Morgan fingerprint density at radius 2 is 1.66 bits per heavy atom. The fraction of sp³-hybridized carbons (Fsp3) is 0.630. The Labute approximate surface area is 197 Å². The summed E-state index contributed by atoms with van der Waals surface area (Å²) in [6.45, 7) is 22.1. The van der Waals surface area contributed by atoms with Crippen LogP contribution in [0.15, 0.2) is 49.1 Å². The van der Waals surface area contributed by atoms with E-state index < -0.39 is 8.32 Å². The molecule has 1 rings (SSSR count). The van der Waals surface area contributed by atoms with Gasteiger partial charge in [0.15, 0.2) is 8.32 Å². The van der Waals surface area contributed by atoms with Crippen LogP contribution < -0.4 is 4.74 Å². The van der Waals surface area contributed by atoms with E-state index in [0.717, 1.165) is 11.3 Å². The molecule has 0 amide bonds. The van der Waals surface area contributed by atoms with Crippen LogP contribution in [0, 0.1) is 17.8 Å². The molecule has 0 aliphatic rings. The number of hydrogen-bond donors (Lipinski definition) is 1. The molecule has 0 aliphatic heterocycles. The van der Waals surface area contributed by atoms with Crippen LogP contribution in [0.3, 0.4) is 0 Å². The smallest absolute Gasteiger partial charge is 0.192 e. The minimum atomic E-state index is -2.03. The molecule has 5 atom stereocenters. The van der Waals surface area contributed by atoms with E-state index in [1.807, 2.05) is 30.3 Å². The summed E-state index contributed by atoms with van der Waals surface area (Å²) in [6.07, 6.45) is 5.73. The molecule has 0 heterocycles. The lowest BCUT2D eigenvalue weighted by Gasteiger charge is -2.44. The van der Waals surface area contributed by atoms with Crippen LogP contribution in [0.5, 0.6) is 5.75 Å². The van der Waals surface area contributed by atoms with E-state index in [-0.39, 0.29) is 41.6 Å². The van der Waals surface area contributed by atoms with E-state index >= 15 is 0 Å². The molecule has 0 unspecified atom stereocenters. The first-order chi connectivity index (χ1) is 14.9. The van der Waals surface area contributed by atoms with Gasteiger partial charge >= 0.3 is 0 Å². The first kappa shape index (κ1) is 28.6. The van der Waals surface area contributed by atoms with E-state index in [1.165, 1.54) is 0 Å². The molecule has 4 nitrogen and oxygen atoms in total. The van der Waals surface area contributed by atoms with Crippen LogP contribution in [0.1, 0.15) is 47.1 Å². The van der Waals surface area contributed by atoms with Gasteiger partial charge in [0.25, 0.3) is 0 Å². The Kier molecular flexibility index (Phi) is 11.4. The Bertz CT molecular complexity index is 705. The van der Waals surface area contributed by atoms with Crippen LogP contribution >= 0.6 is 0 Å². The van der Waals surface area contributed by atoms with Crippen molar-refractivity contribution in [2.75, 3.05) is 13.7 Å². The lowest BCUT2D eigenvalue weighted by molar-refractivity contribution is -0.0694. The van der Waals surface area contributed by atoms with Crippen molar-refractivity contribution < 1.29 is 19.0 Å². The van der Waals surface area contributed by atoms with Gasteiger partial charge in [-0.15, -0.1) is 0 Å². The molecule has 0 aromatic heterocycles. The summed E-state index contributed by atoms with van der Waals surface area (Å²) >= 11 is 0. The van der Waals surface area contributed by atoms with E-state index in [0.29, 0.717) is 6.61 Å². The maximum Gasteiger partial charge on any atom is 0.192 e. The minimum absolute atomic E-state index is 0.0156. The van der Waals surface area contributed by atoms with Gasteiger partial charge in [0, 0.05) is 24.4 Å². The van der Waals surface area contributed by atoms with E-state index in [4.69, 9.17) is 13.9 Å². The number of aliphatic hydroxyl groups is 1. The molecule has 32 heavy (non-hydrogen) atoms. The van der Waals surface area contributed by atoms with Gasteiger partial charge in [-0.05, 0) is 35.8 Å². The van der Waals surface area contributed by atoms with Gasteiger partial charge in [-0.25, -0.2) is 0 Å². The van der Waals surface area contributed by atoms with Gasteiger partial charge in [-0.2, -0.15) is 0 Å². The molecule has 0 bridgehead atoms. The molecule has 1 N–H and O–H groups in total. The fourth-order valence-corrected chi connectivity index (χ4v) is 5.09. The molecule has 182 valence electrons. The zero-order valence-electron chi connectivity index (χ0n) is 21.7. The molecule has 0 aliphatic carbocycles. The third-order valence-electron chi connectivity index (χ3n) is 6.79. The Balaban J connectivity index is 3.18. The lowest BCUT2D eigenvalue weighted by atomic mass is 9.84. The summed E-state index contributed by atoms with van der Waals surface area (Å²) in [6, 6.07) is 7.97. The lowest BCUT2D eigenvalue weighted by Crippen LogP contribution is -2.50. The van der Waals surface area contributed by atoms with Crippen molar-refractivity contribution in [3.63, 3.8) is 0 Å². The van der Waals surface area contributed by atoms with Crippen LogP contribution in [0.2, 0.25) is 18.1 Å². The van der Waals surface area contributed by atoms with Gasteiger partial charge in [-0.3, -0.25) is 0 Å². The van der Waals surface area contributed by atoms with Crippen LogP contribution in [0.25, 0.3) is 0 Å². The summed E-state index contributed by atoms with van der Waals surface area (Å²) in [5, 5.41) is 10.1. The van der Waals surface area contributed by atoms with Crippen molar-refractivity contribution in [3.05, 3.63) is 54.6 Å². The number of ether oxygens (including phenoxy) is 2. The van der Waals surface area contributed by atoms with Crippen molar-refractivity contribution in [1.29, 1.82) is 0 Å². The summed E-state index contributed by atoms with van der Waals surface area (Å²) in [5.41, 5.74) is 1.10. The SMILES string of the molecule is C=CC=C[C@H](C)[C@H](OCc1ccc(OC)cc1)[C@@H](C)[C@H](O[Si](C)(C)C(C)(C)C)[C@@H](C)CO. The van der Waals surface area contributed by atoms with Crippen LogP contribution in [-0.4, -0.2) is 39.3 Å². The maximum atomic E-state index is 10.0. The molecule has 1 aromatic carbocycles. The van der Waals surface area contributed by atoms with Crippen molar-refractivity contribution in [1.82, 2.24) is 0 Å². The average molecular weight is 463 g/mol. The molecule has 0 saturated heterocycles. The van der Waals surface area contributed by atoms with Crippen LogP contribution in [0.4, 0.5) is 0 Å². The van der Waals surface area contributed by atoms with Crippen molar-refractivity contribution >= 4 is 8.32 Å². The van der Waals surface area contributed by atoms with E-state index in [2.05, 4.69) is 67.3 Å². The van der Waals surface area contributed by atoms with Crippen molar-refractivity contribution in [3.8, 4) is 5.75 Å². The van der Waals surface area contributed by atoms with Gasteiger partial charge in [0.05, 0.1) is 25.9 Å². The largest absolute Gasteiger partial charge is 0.497 e. The van der Waals surface area contributed by atoms with Crippen molar-refractivity contribution in [2.45, 2.75) is 78.5 Å². The van der Waals surface area contributed by atoms with E-state index in [9.17, 15) is 5.11 Å². The predicted molar refractivity (Wildman–Crippen MR) is 138 cm³/mol. The summed E-state index contributed by atoms with van der Waals surface area (Å²) < 4.78 is 18.7. The predicted octanol–water partition coefficient (Wildman–Crippen LogP) is 6.61. The van der Waals surface area contributed by atoms with Gasteiger partial charge in [0.1, 0.15) is 5.75 Å². The third-order valence-corrected chi connectivity index (χ3v) is 11.3. The fourth-order valence-electron chi connectivity index (χ4n) is 3.61. The molecule has 1 aromatic rings. The Hall–Kier alpha value is -1.40. The molecule has 5 heteroatoms. The molecule has 0 spiro atoms. The monoisotopic (exact) mass is 462 g/mol. The average Bonchev–Trinajstić information content (AvgIpc) is 2.75. The van der Waals surface area contributed by atoms with Gasteiger partial charge in [-0.1, -0.05) is 78.5 Å². The minimum Gasteiger partial charge on any atom is -0.497 e. The quantitative estimate of drug-likeness (QED) is 0.264. The third kappa shape index (κ3) is 8.18. The summed E-state index contributed by atoms with van der Waals surface area (Å²) in [4.78, 5) is 0. The second kappa shape index (κ2) is 12.7. The number of benzene rings is 1. The standard InChI is InChI=1S/C27H46O4Si/c1-11-12-13-20(2)25(30-19-23-14-16-24(29-8)17-15-23)22(4)26(21(3)18-28)31-32(9,10)27(5,6)7/h11-17,20-22,25-26,28H,1,18-19H2,2-10H3/t20-,21-,22+,25-,26+/m0/s1. The second-order valence-corrected chi connectivity index (χ2v) is 15.2. The number of rotatable bonds is 13. The van der Waals surface area contributed by atoms with Gasteiger partial charge in [0.2, 0.25) is 0 Å². The first-order valence-electron chi connectivity index (χ1n) is 11.7. The number of allylic oxidation sites excluding steroid dienone is 2. The van der Waals surface area contributed by atoms with Gasteiger partial charge < -0.3 is 19.0 Å². The normalized spacial score (nSPS) is 17.6. The first-order valence-corrected chi connectivity index (χ1v) is 14.6. The number of hydrogen-bond acceptors (Lipinski definition) is 4. The van der Waals surface area contributed by atoms with Crippen molar-refractivity contribution in [2.24, 2.45) is 17.8 Å². The summed E-state index contributed by atoms with van der Waals surface area (Å²) in [5.74, 6) is 1.11. The highest BCUT2D eigenvalue weighted by molar-refractivity contribution is 6.74. The second-order valence-electron chi connectivity index (χ2n) is 10.5. The highest BCUT2D eigenvalue weighted by Gasteiger charge is 2.43. The van der Waals surface area contributed by atoms with Crippen LogP contribution in [-0.2, 0) is 15.8 Å². The molecule has 0 saturated carbocycles. The Morgan fingerprint density at radius 1 is 1.06 bits per heavy atom. The number of methoxy groups -OCH3 is 1. The maximum absolute atomic E-state index is 10.0. The highest BCUT2D eigenvalue weighted by Crippen LogP contribution is 2.40. The summed E-state index contributed by atoms with van der Waals surface area (Å²) in [7, 11) is -0.360. The Morgan fingerprint density at radius 3 is 2.12 bits per heavy atom. The zero-order chi connectivity index (χ0) is 24.5. The van der Waals surface area contributed by atoms with E-state index in [1.54, 1.807) is 13.2 Å². The molecule has 0 fully saturated rings. The number of aliphatic hydroxyl groups excluding tert-OH is 1.